The third kappa shape index (κ3) is 5.11. The third-order valence-corrected chi connectivity index (χ3v) is 7.94. The Morgan fingerprint density at radius 2 is 1.92 bits per heavy atom. The van der Waals surface area contributed by atoms with Crippen LogP contribution in [-0.4, -0.2) is 41.2 Å². The molecule has 0 radical (unpaired) electrons. The molecular weight excluding hydrogens is 528 g/mol. The summed E-state index contributed by atoms with van der Waals surface area (Å²) < 4.78 is 84.9. The van der Waals surface area contributed by atoms with E-state index in [1.165, 1.54) is 24.4 Å². The molecule has 38 heavy (non-hydrogen) atoms. The second-order valence-electron chi connectivity index (χ2n) is 8.70. The summed E-state index contributed by atoms with van der Waals surface area (Å²) in [6, 6.07) is 9.22. The second-order valence-corrected chi connectivity index (χ2v) is 10.5. The first kappa shape index (κ1) is 25.8. The lowest BCUT2D eigenvalue weighted by molar-refractivity contribution is -0.137. The molecule has 1 aromatic carbocycles. The van der Waals surface area contributed by atoms with Gasteiger partial charge in [0.25, 0.3) is 10.0 Å². The smallest absolute Gasteiger partial charge is 0.417 e. The van der Waals surface area contributed by atoms with Crippen molar-refractivity contribution in [2.45, 2.75) is 36.7 Å². The number of nitrogens with zero attached hydrogens (tertiary/aromatic N) is 3. The maximum atomic E-state index is 13.5. The van der Waals surface area contributed by atoms with E-state index in [2.05, 4.69) is 15.3 Å². The quantitative estimate of drug-likeness (QED) is 0.356. The molecule has 0 spiro atoms. The Morgan fingerprint density at radius 3 is 2.66 bits per heavy atom. The summed E-state index contributed by atoms with van der Waals surface area (Å²) in [4.78, 5) is 21.0. The van der Waals surface area contributed by atoms with E-state index >= 15 is 0 Å². The van der Waals surface area contributed by atoms with Gasteiger partial charge in [-0.1, -0.05) is 0 Å². The van der Waals surface area contributed by atoms with Gasteiger partial charge in [-0.2, -0.15) is 17.5 Å². The predicted octanol–water partition coefficient (Wildman–Crippen LogP) is 4.52. The van der Waals surface area contributed by atoms with Gasteiger partial charge in [0.1, 0.15) is 17.4 Å². The Morgan fingerprint density at radius 1 is 1.11 bits per heavy atom. The third-order valence-electron chi connectivity index (χ3n) is 6.17. The molecule has 1 aliphatic rings. The van der Waals surface area contributed by atoms with Crippen molar-refractivity contribution < 1.29 is 35.2 Å². The van der Waals surface area contributed by atoms with Gasteiger partial charge in [-0.15, -0.1) is 0 Å². The molecule has 0 unspecified atom stereocenters. The van der Waals surface area contributed by atoms with E-state index < -0.39 is 39.5 Å². The van der Waals surface area contributed by atoms with E-state index in [0.29, 0.717) is 29.8 Å². The zero-order chi connectivity index (χ0) is 27.1. The Hall–Kier alpha value is -3.84. The number of alkyl halides is 3. The van der Waals surface area contributed by atoms with Crippen LogP contribution in [0.1, 0.15) is 24.1 Å². The van der Waals surface area contributed by atoms with Gasteiger partial charge in [0.15, 0.2) is 0 Å². The lowest BCUT2D eigenvalue weighted by atomic mass is 10.1. The van der Waals surface area contributed by atoms with E-state index in [1.807, 2.05) is 0 Å². The molecule has 3 aromatic heterocycles. The molecule has 1 saturated heterocycles. The van der Waals surface area contributed by atoms with E-state index in [-0.39, 0.29) is 29.2 Å². The highest BCUT2D eigenvalue weighted by molar-refractivity contribution is 7.89. The lowest BCUT2D eigenvalue weighted by Crippen LogP contribution is -2.45. The van der Waals surface area contributed by atoms with Crippen molar-refractivity contribution in [3.63, 3.8) is 0 Å². The first-order valence-electron chi connectivity index (χ1n) is 11.5. The highest BCUT2D eigenvalue weighted by Crippen LogP contribution is 2.31. The van der Waals surface area contributed by atoms with Crippen LogP contribution in [0, 0.1) is 5.82 Å². The molecule has 8 nitrogen and oxygen atoms in total. The number of halogens is 4. The summed E-state index contributed by atoms with van der Waals surface area (Å²) in [5, 5.41) is 2.59. The summed E-state index contributed by atoms with van der Waals surface area (Å²) in [6.45, 7) is 0.0702. The number of fused-ring (bicyclic) bond motifs is 1. The minimum absolute atomic E-state index is 0.0401. The molecule has 0 saturated carbocycles. The van der Waals surface area contributed by atoms with Gasteiger partial charge in [0.05, 0.1) is 23.5 Å². The summed E-state index contributed by atoms with van der Waals surface area (Å²) in [5.41, 5.74) is 0.549. The Balaban J connectivity index is 1.28. The minimum atomic E-state index is -4.50. The average molecular weight is 549 g/mol. The standard InChI is InChI=1S/C25H20F4N4O4S/c26-18-4-6-22-16(10-18)12-23(37-22)38(35,36)33-9-1-2-21(33)24(34)32-14-19-11-15(7-8-30-19)20-5-3-17(13-31-20)25(27,28)29/h3-8,10-13,21H,1-2,9,14H2,(H,32,34)/t21-/m0/s1. The fourth-order valence-electron chi connectivity index (χ4n) is 4.28. The predicted molar refractivity (Wildman–Crippen MR) is 127 cm³/mol. The van der Waals surface area contributed by atoms with Gasteiger partial charge < -0.3 is 9.73 Å². The summed E-state index contributed by atoms with van der Waals surface area (Å²) in [6.07, 6.45) is -1.57. The number of sulfonamides is 1. The molecule has 1 N–H and O–H groups in total. The monoisotopic (exact) mass is 548 g/mol. The normalized spacial score (nSPS) is 16.7. The lowest BCUT2D eigenvalue weighted by Gasteiger charge is -2.22. The number of furan rings is 1. The molecule has 1 atom stereocenters. The molecule has 1 amide bonds. The van der Waals surface area contributed by atoms with Crippen molar-refractivity contribution in [1.82, 2.24) is 19.6 Å². The first-order chi connectivity index (χ1) is 18.0. The molecule has 0 aliphatic carbocycles. The van der Waals surface area contributed by atoms with Crippen LogP contribution >= 0.6 is 0 Å². The number of hydrogen-bond donors (Lipinski definition) is 1. The van der Waals surface area contributed by atoms with Gasteiger partial charge in [-0.05, 0) is 55.3 Å². The van der Waals surface area contributed by atoms with Crippen LogP contribution in [0.25, 0.3) is 22.2 Å². The number of amides is 1. The van der Waals surface area contributed by atoms with Crippen LogP contribution in [0.3, 0.4) is 0 Å². The van der Waals surface area contributed by atoms with E-state index in [1.54, 1.807) is 12.1 Å². The molecular formula is C25H20F4N4O4S. The minimum Gasteiger partial charge on any atom is -0.443 e. The SMILES string of the molecule is O=C(NCc1cc(-c2ccc(C(F)(F)F)cn2)ccn1)[C@@H]1CCCN1S(=O)(=O)c1cc2cc(F)ccc2o1. The van der Waals surface area contributed by atoms with Crippen molar-refractivity contribution in [3.8, 4) is 11.3 Å². The molecule has 13 heteroatoms. The first-order valence-corrected chi connectivity index (χ1v) is 12.9. The molecule has 198 valence electrons. The fraction of sp³-hybridized carbons (Fsp3) is 0.240. The molecule has 1 fully saturated rings. The molecule has 5 rings (SSSR count). The van der Waals surface area contributed by atoms with Crippen LogP contribution < -0.4 is 5.32 Å². The number of benzene rings is 1. The number of carbonyl (C=O) groups is 1. The van der Waals surface area contributed by atoms with Crippen LogP contribution in [0.4, 0.5) is 17.6 Å². The number of carbonyl (C=O) groups excluding carboxylic acids is 1. The number of nitrogens with one attached hydrogen (secondary N) is 1. The van der Waals surface area contributed by atoms with Crippen LogP contribution in [-0.2, 0) is 27.5 Å². The van der Waals surface area contributed by atoms with Gasteiger partial charge in [-0.3, -0.25) is 14.8 Å². The number of rotatable bonds is 6. The van der Waals surface area contributed by atoms with E-state index in [4.69, 9.17) is 4.42 Å². The summed E-state index contributed by atoms with van der Waals surface area (Å²) >= 11 is 0. The van der Waals surface area contributed by atoms with Gasteiger partial charge >= 0.3 is 6.18 Å². The molecule has 4 aromatic rings. The van der Waals surface area contributed by atoms with Crippen molar-refractivity contribution >= 4 is 26.9 Å². The summed E-state index contributed by atoms with van der Waals surface area (Å²) in [5.74, 6) is -1.07. The average Bonchev–Trinajstić information content (AvgIpc) is 3.55. The van der Waals surface area contributed by atoms with Crippen LogP contribution in [0.2, 0.25) is 0 Å². The van der Waals surface area contributed by atoms with Crippen LogP contribution in [0.5, 0.6) is 0 Å². The second kappa shape index (κ2) is 9.80. The van der Waals surface area contributed by atoms with Gasteiger partial charge in [-0.25, -0.2) is 12.8 Å². The van der Waals surface area contributed by atoms with Crippen molar-refractivity contribution in [2.24, 2.45) is 0 Å². The van der Waals surface area contributed by atoms with Gasteiger partial charge in [0.2, 0.25) is 11.0 Å². The zero-order valence-electron chi connectivity index (χ0n) is 19.6. The number of pyridine rings is 2. The highest BCUT2D eigenvalue weighted by atomic mass is 32.2. The Bertz CT molecular complexity index is 1600. The maximum absolute atomic E-state index is 13.5. The van der Waals surface area contributed by atoms with Gasteiger partial charge in [0, 0.05) is 36.0 Å². The Labute approximate surface area is 214 Å². The topological polar surface area (TPSA) is 105 Å². The van der Waals surface area contributed by atoms with Crippen molar-refractivity contribution in [2.75, 3.05) is 6.54 Å². The molecule has 4 heterocycles. The zero-order valence-corrected chi connectivity index (χ0v) is 20.4. The van der Waals surface area contributed by atoms with E-state index in [0.717, 1.165) is 28.7 Å². The fourth-order valence-corrected chi connectivity index (χ4v) is 5.89. The summed E-state index contributed by atoms with van der Waals surface area (Å²) in [7, 11) is -4.17. The number of aromatic nitrogens is 2. The Kier molecular flexibility index (Phi) is 6.65. The van der Waals surface area contributed by atoms with Crippen molar-refractivity contribution in [3.05, 3.63) is 78.0 Å². The maximum Gasteiger partial charge on any atom is 0.417 e. The van der Waals surface area contributed by atoms with Crippen LogP contribution in [0.15, 0.2) is 70.4 Å². The molecule has 0 bridgehead atoms. The number of hydrogen-bond acceptors (Lipinski definition) is 6. The largest absolute Gasteiger partial charge is 0.443 e. The van der Waals surface area contributed by atoms with Crippen molar-refractivity contribution in [1.29, 1.82) is 0 Å². The van der Waals surface area contributed by atoms with E-state index in [9.17, 15) is 30.8 Å². The molecule has 1 aliphatic heterocycles. The highest BCUT2D eigenvalue weighted by Gasteiger charge is 2.41.